The zero-order chi connectivity index (χ0) is 13.0. The highest BCUT2D eigenvalue weighted by Gasteiger charge is 2.70. The van der Waals surface area contributed by atoms with Gasteiger partial charge in [-0.3, -0.25) is 9.59 Å². The zero-order valence-electron chi connectivity index (χ0n) is 9.47. The second-order valence-electron chi connectivity index (χ2n) is 4.64. The van der Waals surface area contributed by atoms with Crippen molar-refractivity contribution in [3.05, 3.63) is 0 Å². The van der Waals surface area contributed by atoms with Crippen LogP contribution in [0.4, 0.5) is 13.2 Å². The molecule has 2 aliphatic rings. The van der Waals surface area contributed by atoms with Crippen LogP contribution < -0.4 is 5.32 Å². The fourth-order valence-electron chi connectivity index (χ4n) is 2.27. The largest absolute Gasteiger partial charge is 0.411 e. The smallest absolute Gasteiger partial charge is 0.343 e. The summed E-state index contributed by atoms with van der Waals surface area (Å²) in [6.45, 7) is 2.72. The number of rotatable bonds is 1. The predicted molar refractivity (Wildman–Crippen MR) is 51.9 cm³/mol. The summed E-state index contributed by atoms with van der Waals surface area (Å²) in [5.41, 5.74) is -2.12. The van der Waals surface area contributed by atoms with Crippen molar-refractivity contribution in [1.29, 1.82) is 0 Å². The topological polar surface area (TPSA) is 49.4 Å². The first-order chi connectivity index (χ1) is 7.71. The van der Waals surface area contributed by atoms with Crippen molar-refractivity contribution in [2.45, 2.75) is 50.5 Å². The van der Waals surface area contributed by atoms with Gasteiger partial charge in [0.1, 0.15) is 17.6 Å². The van der Waals surface area contributed by atoms with Crippen LogP contribution in [0, 0.1) is 0 Å². The Bertz CT molecular complexity index is 376. The van der Waals surface area contributed by atoms with Crippen molar-refractivity contribution in [2.24, 2.45) is 0 Å². The van der Waals surface area contributed by atoms with Crippen molar-refractivity contribution in [1.82, 2.24) is 10.2 Å². The van der Waals surface area contributed by atoms with Crippen molar-refractivity contribution < 1.29 is 22.8 Å². The molecule has 2 rings (SSSR count). The van der Waals surface area contributed by atoms with Gasteiger partial charge >= 0.3 is 6.18 Å². The van der Waals surface area contributed by atoms with Crippen LogP contribution in [0.3, 0.4) is 0 Å². The second-order valence-corrected chi connectivity index (χ2v) is 4.64. The average Bonchev–Trinajstić information content (AvgIpc) is 2.95. The molecule has 0 aromatic heterocycles. The molecule has 2 amide bonds. The highest BCUT2D eigenvalue weighted by Crippen LogP contribution is 2.54. The molecule has 0 radical (unpaired) electrons. The van der Waals surface area contributed by atoms with Gasteiger partial charge in [-0.15, -0.1) is 0 Å². The van der Waals surface area contributed by atoms with Gasteiger partial charge in [-0.25, -0.2) is 0 Å². The number of hydrogen-bond acceptors (Lipinski definition) is 2. The number of piperazine rings is 1. The molecule has 1 saturated carbocycles. The van der Waals surface area contributed by atoms with Gasteiger partial charge in [0.05, 0.1) is 0 Å². The number of nitrogens with one attached hydrogen (secondary N) is 1. The minimum Gasteiger partial charge on any atom is -0.343 e. The normalized spacial score (nSPS) is 32.4. The lowest BCUT2D eigenvalue weighted by Crippen LogP contribution is -2.67. The maximum Gasteiger partial charge on any atom is 0.411 e. The number of carbonyl (C=O) groups excluding carboxylic acids is 2. The number of hydrogen-bond donors (Lipinski definition) is 1. The van der Waals surface area contributed by atoms with Gasteiger partial charge in [0, 0.05) is 0 Å². The van der Waals surface area contributed by atoms with Crippen LogP contribution in [0.15, 0.2) is 0 Å². The van der Waals surface area contributed by atoms with Crippen molar-refractivity contribution in [2.75, 3.05) is 0 Å². The van der Waals surface area contributed by atoms with E-state index >= 15 is 0 Å². The van der Waals surface area contributed by atoms with Gasteiger partial charge in [-0.2, -0.15) is 13.2 Å². The molecule has 1 N–H and O–H groups in total. The molecule has 96 valence electrons. The van der Waals surface area contributed by atoms with Gasteiger partial charge in [0.2, 0.25) is 11.8 Å². The van der Waals surface area contributed by atoms with Gasteiger partial charge in [0.25, 0.3) is 0 Å². The van der Waals surface area contributed by atoms with Crippen LogP contribution in [0.5, 0.6) is 0 Å². The third-order valence-electron chi connectivity index (χ3n) is 3.45. The van der Waals surface area contributed by atoms with Crippen LogP contribution in [-0.4, -0.2) is 40.5 Å². The Balaban J connectivity index is 2.36. The highest BCUT2D eigenvalue weighted by atomic mass is 19.4. The van der Waals surface area contributed by atoms with E-state index in [9.17, 15) is 22.8 Å². The van der Waals surface area contributed by atoms with Crippen LogP contribution in [0.2, 0.25) is 0 Å². The number of halogens is 3. The molecular weight excluding hydrogens is 237 g/mol. The molecule has 1 saturated heterocycles. The Hall–Kier alpha value is -1.27. The van der Waals surface area contributed by atoms with E-state index in [-0.39, 0.29) is 12.8 Å². The fraction of sp³-hybridized carbons (Fsp3) is 0.800. The molecule has 1 aliphatic carbocycles. The summed E-state index contributed by atoms with van der Waals surface area (Å²) in [6, 6.07) is -1.96. The molecule has 0 aromatic rings. The Labute approximate surface area is 96.1 Å². The van der Waals surface area contributed by atoms with Crippen molar-refractivity contribution in [3.8, 4) is 0 Å². The molecule has 2 unspecified atom stereocenters. The molecule has 1 aliphatic heterocycles. The SMILES string of the molecule is CC1NC(=O)C(C)N(C2(C(F)(F)F)CC2)C1=O. The minimum absolute atomic E-state index is 0.118. The Kier molecular flexibility index (Phi) is 2.41. The third kappa shape index (κ3) is 1.59. The van der Waals surface area contributed by atoms with E-state index in [2.05, 4.69) is 5.32 Å². The quantitative estimate of drug-likeness (QED) is 0.749. The minimum atomic E-state index is -4.48. The first-order valence-corrected chi connectivity index (χ1v) is 5.41. The third-order valence-corrected chi connectivity index (χ3v) is 3.45. The lowest BCUT2D eigenvalue weighted by atomic mass is 10.0. The second kappa shape index (κ2) is 3.36. The lowest BCUT2D eigenvalue weighted by Gasteiger charge is -2.42. The fourth-order valence-corrected chi connectivity index (χ4v) is 2.27. The van der Waals surface area contributed by atoms with Crippen LogP contribution >= 0.6 is 0 Å². The number of carbonyl (C=O) groups is 2. The van der Waals surface area contributed by atoms with E-state index in [1.807, 2.05) is 0 Å². The summed E-state index contributed by atoms with van der Waals surface area (Å²) >= 11 is 0. The summed E-state index contributed by atoms with van der Waals surface area (Å²) in [5, 5.41) is 2.36. The van der Waals surface area contributed by atoms with E-state index in [4.69, 9.17) is 0 Å². The van der Waals surface area contributed by atoms with Gasteiger partial charge in [-0.1, -0.05) is 0 Å². The molecular formula is C10H13F3N2O2. The van der Waals surface area contributed by atoms with E-state index in [1.165, 1.54) is 13.8 Å². The van der Waals surface area contributed by atoms with Crippen molar-refractivity contribution in [3.63, 3.8) is 0 Å². The summed E-state index contributed by atoms with van der Waals surface area (Å²) in [7, 11) is 0. The molecule has 17 heavy (non-hydrogen) atoms. The molecule has 0 aromatic carbocycles. The average molecular weight is 250 g/mol. The summed E-state index contributed by atoms with van der Waals surface area (Å²) in [4.78, 5) is 24.0. The Morgan fingerprint density at radius 1 is 1.29 bits per heavy atom. The molecule has 1 heterocycles. The molecule has 0 bridgehead atoms. The van der Waals surface area contributed by atoms with E-state index < -0.39 is 35.6 Å². The molecule has 2 atom stereocenters. The standard InChI is InChI=1S/C10H13F3N2O2/c1-5-8(17)15(6(2)7(16)14-5)9(3-4-9)10(11,12)13/h5-6H,3-4H2,1-2H3,(H,14,16). The molecule has 2 fully saturated rings. The Morgan fingerprint density at radius 3 is 2.24 bits per heavy atom. The molecule has 0 spiro atoms. The first-order valence-electron chi connectivity index (χ1n) is 5.41. The van der Waals surface area contributed by atoms with E-state index in [1.54, 1.807) is 0 Å². The highest BCUT2D eigenvalue weighted by molar-refractivity contribution is 5.97. The number of amides is 2. The summed E-state index contributed by atoms with van der Waals surface area (Å²) < 4.78 is 38.9. The maximum absolute atomic E-state index is 13.0. The van der Waals surface area contributed by atoms with Crippen molar-refractivity contribution >= 4 is 11.8 Å². The summed E-state index contributed by atoms with van der Waals surface area (Å²) in [5.74, 6) is -1.19. The van der Waals surface area contributed by atoms with Gasteiger partial charge < -0.3 is 10.2 Å². The van der Waals surface area contributed by atoms with Crippen LogP contribution in [-0.2, 0) is 9.59 Å². The first kappa shape index (κ1) is 12.2. The van der Waals surface area contributed by atoms with Gasteiger partial charge in [-0.05, 0) is 26.7 Å². The van der Waals surface area contributed by atoms with Gasteiger partial charge in [0.15, 0.2) is 0 Å². The maximum atomic E-state index is 13.0. The molecule has 7 heteroatoms. The number of alkyl halides is 3. The van der Waals surface area contributed by atoms with E-state index in [0.29, 0.717) is 0 Å². The zero-order valence-corrected chi connectivity index (χ0v) is 9.47. The van der Waals surface area contributed by atoms with E-state index in [0.717, 1.165) is 4.90 Å². The van der Waals surface area contributed by atoms with Crippen LogP contribution in [0.1, 0.15) is 26.7 Å². The predicted octanol–water partition coefficient (Wildman–Crippen LogP) is 0.817. The van der Waals surface area contributed by atoms with Crippen LogP contribution in [0.25, 0.3) is 0 Å². The lowest BCUT2D eigenvalue weighted by molar-refractivity contribution is -0.208. The summed E-state index contributed by atoms with van der Waals surface area (Å²) in [6.07, 6.45) is -4.71. The number of nitrogens with zero attached hydrogens (tertiary/aromatic N) is 1. The monoisotopic (exact) mass is 250 g/mol. The molecule has 4 nitrogen and oxygen atoms in total. The Morgan fingerprint density at radius 2 is 1.82 bits per heavy atom.